The molecule has 0 spiro atoms. The van der Waals surface area contributed by atoms with Crippen LogP contribution in [-0.2, 0) is 10.9 Å². The molecule has 0 aliphatic carbocycles. The summed E-state index contributed by atoms with van der Waals surface area (Å²) in [5.74, 6) is 0. The normalized spacial score (nSPS) is 19.5. The Morgan fingerprint density at radius 1 is 1.42 bits per heavy atom. The third kappa shape index (κ3) is 4.50. The fourth-order valence-corrected chi connectivity index (χ4v) is 3.14. The lowest BCUT2D eigenvalue weighted by Crippen LogP contribution is -2.57. The first kappa shape index (κ1) is 18.8. The number of aromatic nitrogens is 1. The van der Waals surface area contributed by atoms with Gasteiger partial charge in [-0.2, -0.15) is 13.2 Å². The standard InChI is InChI=1S/C14H20F3N3O3S/c1-13(2,3)23-12(22)20-5-4-19(7-9(20)8-21)10-6-18-11(24-10)14(15,16)17/h6,9,21H,4-5,7-8H2,1-3H3. The van der Waals surface area contributed by atoms with E-state index in [1.807, 2.05) is 0 Å². The van der Waals surface area contributed by atoms with Gasteiger partial charge in [0.15, 0.2) is 5.01 Å². The number of hydrogen-bond donors (Lipinski definition) is 1. The number of carbonyl (C=O) groups is 1. The first-order valence-electron chi connectivity index (χ1n) is 7.39. The van der Waals surface area contributed by atoms with E-state index in [2.05, 4.69) is 4.98 Å². The zero-order chi connectivity index (χ0) is 18.1. The minimum Gasteiger partial charge on any atom is -0.444 e. The predicted molar refractivity (Wildman–Crippen MR) is 83.1 cm³/mol. The maximum absolute atomic E-state index is 12.7. The van der Waals surface area contributed by atoms with Crippen molar-refractivity contribution in [3.63, 3.8) is 0 Å². The van der Waals surface area contributed by atoms with Crippen LogP contribution in [0.4, 0.5) is 23.0 Å². The molecule has 10 heteroatoms. The summed E-state index contributed by atoms with van der Waals surface area (Å²) in [6, 6.07) is -0.551. The molecule has 1 N–H and O–H groups in total. The highest BCUT2D eigenvalue weighted by Gasteiger charge is 2.37. The molecule has 1 aromatic rings. The van der Waals surface area contributed by atoms with E-state index >= 15 is 0 Å². The molecule has 2 heterocycles. The fourth-order valence-electron chi connectivity index (χ4n) is 2.32. The van der Waals surface area contributed by atoms with Crippen molar-refractivity contribution in [2.24, 2.45) is 0 Å². The van der Waals surface area contributed by atoms with Crippen LogP contribution < -0.4 is 4.90 Å². The van der Waals surface area contributed by atoms with Gasteiger partial charge in [-0.15, -0.1) is 0 Å². The molecule has 1 fully saturated rings. The van der Waals surface area contributed by atoms with Crippen LogP contribution in [0.1, 0.15) is 25.8 Å². The topological polar surface area (TPSA) is 65.9 Å². The molecule has 1 aromatic heterocycles. The summed E-state index contributed by atoms with van der Waals surface area (Å²) in [4.78, 5) is 18.7. The maximum atomic E-state index is 12.7. The second-order valence-corrected chi connectivity index (χ2v) is 7.47. The van der Waals surface area contributed by atoms with Gasteiger partial charge in [0.2, 0.25) is 0 Å². The Kier molecular flexibility index (Phi) is 5.28. The molecule has 0 radical (unpaired) electrons. The molecule has 1 unspecified atom stereocenters. The first-order valence-corrected chi connectivity index (χ1v) is 8.21. The van der Waals surface area contributed by atoms with E-state index in [4.69, 9.17) is 4.74 Å². The number of halogens is 3. The molecule has 1 atom stereocenters. The maximum Gasteiger partial charge on any atom is 0.443 e. The highest BCUT2D eigenvalue weighted by molar-refractivity contribution is 7.15. The monoisotopic (exact) mass is 367 g/mol. The van der Waals surface area contributed by atoms with Gasteiger partial charge in [0.05, 0.1) is 18.8 Å². The van der Waals surface area contributed by atoms with Crippen LogP contribution in [0, 0.1) is 0 Å². The minimum atomic E-state index is -4.47. The van der Waals surface area contributed by atoms with Gasteiger partial charge in [-0.3, -0.25) is 4.90 Å². The van der Waals surface area contributed by atoms with Gasteiger partial charge in [0.1, 0.15) is 10.6 Å². The Morgan fingerprint density at radius 2 is 2.08 bits per heavy atom. The number of thiazole rings is 1. The van der Waals surface area contributed by atoms with Crippen molar-refractivity contribution in [3.8, 4) is 0 Å². The van der Waals surface area contributed by atoms with Crippen molar-refractivity contribution in [3.05, 3.63) is 11.2 Å². The van der Waals surface area contributed by atoms with Gasteiger partial charge in [-0.1, -0.05) is 11.3 Å². The van der Waals surface area contributed by atoms with Crippen LogP contribution in [0.15, 0.2) is 6.20 Å². The number of anilines is 1. The molecule has 0 aromatic carbocycles. The molecule has 6 nitrogen and oxygen atoms in total. The van der Waals surface area contributed by atoms with Crippen LogP contribution in [0.2, 0.25) is 0 Å². The smallest absolute Gasteiger partial charge is 0.443 e. The van der Waals surface area contributed by atoms with Crippen molar-refractivity contribution in [2.75, 3.05) is 31.1 Å². The molecule has 2 rings (SSSR count). The van der Waals surface area contributed by atoms with E-state index in [9.17, 15) is 23.1 Å². The molecular weight excluding hydrogens is 347 g/mol. The molecular formula is C14H20F3N3O3S. The van der Waals surface area contributed by atoms with Crippen molar-refractivity contribution >= 4 is 22.4 Å². The van der Waals surface area contributed by atoms with Crippen LogP contribution in [0.25, 0.3) is 0 Å². The average Bonchev–Trinajstić information content (AvgIpc) is 2.94. The Hall–Kier alpha value is -1.55. The summed E-state index contributed by atoms with van der Waals surface area (Å²) in [7, 11) is 0. The van der Waals surface area contributed by atoms with Crippen LogP contribution in [0.3, 0.4) is 0 Å². The number of hydrogen-bond acceptors (Lipinski definition) is 6. The molecule has 1 amide bonds. The Balaban J connectivity index is 2.07. The summed E-state index contributed by atoms with van der Waals surface area (Å²) in [5, 5.41) is 9.00. The predicted octanol–water partition coefficient (Wildman–Crippen LogP) is 2.58. The zero-order valence-corrected chi connectivity index (χ0v) is 14.4. The number of amides is 1. The van der Waals surface area contributed by atoms with Crippen molar-refractivity contribution < 1.29 is 27.8 Å². The second kappa shape index (κ2) is 6.75. The van der Waals surface area contributed by atoms with Gasteiger partial charge in [-0.25, -0.2) is 9.78 Å². The number of aliphatic hydroxyl groups excluding tert-OH is 1. The van der Waals surface area contributed by atoms with Crippen LogP contribution >= 0.6 is 11.3 Å². The molecule has 1 saturated heterocycles. The average molecular weight is 367 g/mol. The number of nitrogens with zero attached hydrogens (tertiary/aromatic N) is 3. The number of rotatable bonds is 2. The lowest BCUT2D eigenvalue weighted by Gasteiger charge is -2.41. The van der Waals surface area contributed by atoms with Gasteiger partial charge in [0, 0.05) is 19.6 Å². The van der Waals surface area contributed by atoms with Crippen molar-refractivity contribution in [1.29, 1.82) is 0 Å². The number of alkyl halides is 3. The quantitative estimate of drug-likeness (QED) is 0.870. The third-order valence-corrected chi connectivity index (χ3v) is 4.47. The highest BCUT2D eigenvalue weighted by Crippen LogP contribution is 2.36. The second-order valence-electron chi connectivity index (χ2n) is 6.46. The van der Waals surface area contributed by atoms with E-state index in [-0.39, 0.29) is 19.7 Å². The number of ether oxygens (including phenoxy) is 1. The first-order chi connectivity index (χ1) is 11.0. The molecule has 136 valence electrons. The van der Waals surface area contributed by atoms with Crippen LogP contribution in [0.5, 0.6) is 0 Å². The fraction of sp³-hybridized carbons (Fsp3) is 0.714. The number of piperazine rings is 1. The van der Waals surface area contributed by atoms with Crippen molar-refractivity contribution in [1.82, 2.24) is 9.88 Å². The summed E-state index contributed by atoms with van der Waals surface area (Å²) >= 11 is 0.552. The van der Waals surface area contributed by atoms with E-state index in [1.54, 1.807) is 25.7 Å². The SMILES string of the molecule is CC(C)(C)OC(=O)N1CCN(c2cnc(C(F)(F)F)s2)CC1CO. The zero-order valence-electron chi connectivity index (χ0n) is 13.6. The van der Waals surface area contributed by atoms with E-state index in [0.717, 1.165) is 0 Å². The molecule has 0 saturated carbocycles. The van der Waals surface area contributed by atoms with Gasteiger partial charge in [-0.05, 0) is 20.8 Å². The minimum absolute atomic E-state index is 0.217. The number of aliphatic hydroxyl groups is 1. The summed E-state index contributed by atoms with van der Waals surface area (Å²) in [6.45, 7) is 5.73. The third-order valence-electron chi connectivity index (χ3n) is 3.37. The highest BCUT2D eigenvalue weighted by atomic mass is 32.1. The van der Waals surface area contributed by atoms with Gasteiger partial charge >= 0.3 is 12.3 Å². The molecule has 24 heavy (non-hydrogen) atoms. The van der Waals surface area contributed by atoms with Gasteiger partial charge in [0.25, 0.3) is 0 Å². The Morgan fingerprint density at radius 3 is 2.58 bits per heavy atom. The molecule has 1 aliphatic rings. The van der Waals surface area contributed by atoms with Crippen LogP contribution in [-0.4, -0.2) is 59.0 Å². The lowest BCUT2D eigenvalue weighted by atomic mass is 10.2. The Labute approximate surface area is 141 Å². The van der Waals surface area contributed by atoms with Gasteiger partial charge < -0.3 is 14.7 Å². The molecule has 0 bridgehead atoms. The van der Waals surface area contributed by atoms with E-state index < -0.39 is 28.9 Å². The summed E-state index contributed by atoms with van der Waals surface area (Å²) in [6.07, 6.45) is -3.84. The summed E-state index contributed by atoms with van der Waals surface area (Å²) in [5.41, 5.74) is -0.659. The van der Waals surface area contributed by atoms with Crippen molar-refractivity contribution in [2.45, 2.75) is 38.6 Å². The summed E-state index contributed by atoms with van der Waals surface area (Å²) < 4.78 is 43.3. The van der Waals surface area contributed by atoms with E-state index in [0.29, 0.717) is 22.9 Å². The number of carbonyl (C=O) groups excluding carboxylic acids is 1. The molecule has 1 aliphatic heterocycles. The Bertz CT molecular complexity index is 586. The lowest BCUT2D eigenvalue weighted by molar-refractivity contribution is -0.137. The largest absolute Gasteiger partial charge is 0.444 e. The van der Waals surface area contributed by atoms with E-state index in [1.165, 1.54) is 11.1 Å².